The zero-order valence-corrected chi connectivity index (χ0v) is 16.1. The van der Waals surface area contributed by atoms with Crippen molar-refractivity contribution in [3.63, 3.8) is 0 Å². The lowest BCUT2D eigenvalue weighted by Gasteiger charge is -2.34. The van der Waals surface area contributed by atoms with Gasteiger partial charge >= 0.3 is 6.18 Å². The SMILES string of the molecule is O=C(NCC1CC(S(=O)(=O)c2cccc(Cl)c2)C1)c1ccc(C(F)(F)F)cc1. The van der Waals surface area contributed by atoms with Crippen LogP contribution >= 0.6 is 11.6 Å². The summed E-state index contributed by atoms with van der Waals surface area (Å²) >= 11 is 5.85. The van der Waals surface area contributed by atoms with Crippen LogP contribution in [-0.2, 0) is 16.0 Å². The molecule has 1 aliphatic rings. The Bertz CT molecular complexity index is 969. The molecular formula is C19H17ClF3NO3S. The lowest BCUT2D eigenvalue weighted by Crippen LogP contribution is -2.42. The summed E-state index contributed by atoms with van der Waals surface area (Å²) in [6.45, 7) is 0.265. The average molecular weight is 432 g/mol. The van der Waals surface area contributed by atoms with E-state index in [0.717, 1.165) is 24.3 Å². The molecule has 0 aliphatic heterocycles. The highest BCUT2D eigenvalue weighted by Crippen LogP contribution is 2.36. The lowest BCUT2D eigenvalue weighted by molar-refractivity contribution is -0.137. The summed E-state index contributed by atoms with van der Waals surface area (Å²) in [5.41, 5.74) is -0.701. The smallest absolute Gasteiger partial charge is 0.352 e. The molecule has 1 N–H and O–H groups in total. The Kier molecular flexibility index (Phi) is 5.72. The Morgan fingerprint density at radius 2 is 1.75 bits per heavy atom. The van der Waals surface area contributed by atoms with Gasteiger partial charge in [0.1, 0.15) is 0 Å². The third kappa shape index (κ3) is 4.50. The van der Waals surface area contributed by atoms with Gasteiger partial charge in [0.25, 0.3) is 5.91 Å². The van der Waals surface area contributed by atoms with E-state index in [0.29, 0.717) is 17.9 Å². The number of carbonyl (C=O) groups is 1. The maximum Gasteiger partial charge on any atom is 0.416 e. The summed E-state index contributed by atoms with van der Waals surface area (Å²) in [4.78, 5) is 12.2. The Balaban J connectivity index is 1.52. The molecule has 150 valence electrons. The molecule has 0 unspecified atom stereocenters. The molecule has 1 saturated carbocycles. The lowest BCUT2D eigenvalue weighted by atomic mass is 9.84. The monoisotopic (exact) mass is 431 g/mol. The predicted molar refractivity (Wildman–Crippen MR) is 98.9 cm³/mol. The minimum atomic E-state index is -4.45. The normalized spacial score (nSPS) is 19.7. The van der Waals surface area contributed by atoms with Crippen molar-refractivity contribution in [3.8, 4) is 0 Å². The zero-order chi connectivity index (χ0) is 20.5. The van der Waals surface area contributed by atoms with Gasteiger partial charge in [-0.25, -0.2) is 8.42 Å². The molecule has 1 aliphatic carbocycles. The molecule has 1 amide bonds. The van der Waals surface area contributed by atoms with Crippen LogP contribution in [-0.4, -0.2) is 26.1 Å². The summed E-state index contributed by atoms with van der Waals surface area (Å²) in [5.74, 6) is -0.493. The fourth-order valence-electron chi connectivity index (χ4n) is 3.08. The van der Waals surface area contributed by atoms with Gasteiger partial charge < -0.3 is 5.32 Å². The van der Waals surface area contributed by atoms with E-state index in [1.54, 1.807) is 12.1 Å². The highest BCUT2D eigenvalue weighted by atomic mass is 35.5. The number of hydrogen-bond donors (Lipinski definition) is 1. The van der Waals surface area contributed by atoms with Gasteiger partial charge in [0.05, 0.1) is 15.7 Å². The van der Waals surface area contributed by atoms with Gasteiger partial charge in [-0.3, -0.25) is 4.79 Å². The van der Waals surface area contributed by atoms with E-state index in [1.807, 2.05) is 0 Å². The minimum Gasteiger partial charge on any atom is -0.352 e. The topological polar surface area (TPSA) is 63.2 Å². The van der Waals surface area contributed by atoms with Gasteiger partial charge in [0, 0.05) is 17.1 Å². The molecule has 1 fully saturated rings. The Morgan fingerprint density at radius 3 is 2.32 bits per heavy atom. The second kappa shape index (κ2) is 7.75. The van der Waals surface area contributed by atoms with Crippen LogP contribution < -0.4 is 5.32 Å². The summed E-state index contributed by atoms with van der Waals surface area (Å²) in [7, 11) is -3.47. The van der Waals surface area contributed by atoms with Crippen molar-refractivity contribution >= 4 is 27.3 Å². The molecule has 0 atom stereocenters. The predicted octanol–water partition coefficient (Wildman–Crippen LogP) is 4.34. The number of hydrogen-bond acceptors (Lipinski definition) is 3. The third-order valence-corrected chi connectivity index (χ3v) is 7.19. The van der Waals surface area contributed by atoms with Gasteiger partial charge in [-0.15, -0.1) is 0 Å². The second-order valence-corrected chi connectivity index (χ2v) is 9.41. The number of halogens is 4. The fourth-order valence-corrected chi connectivity index (χ4v) is 5.33. The number of sulfone groups is 1. The molecule has 4 nitrogen and oxygen atoms in total. The van der Waals surface area contributed by atoms with Crippen molar-refractivity contribution in [2.45, 2.75) is 29.2 Å². The molecule has 0 radical (unpaired) electrons. The molecule has 2 aromatic carbocycles. The first-order chi connectivity index (χ1) is 13.1. The van der Waals surface area contributed by atoms with Crippen molar-refractivity contribution in [2.75, 3.05) is 6.54 Å². The number of rotatable bonds is 5. The van der Waals surface area contributed by atoms with E-state index in [4.69, 9.17) is 11.6 Å². The molecule has 0 bridgehead atoms. The number of amides is 1. The molecule has 0 spiro atoms. The summed E-state index contributed by atoms with van der Waals surface area (Å²) in [5, 5.41) is 2.46. The number of nitrogens with one attached hydrogen (secondary N) is 1. The molecule has 0 saturated heterocycles. The van der Waals surface area contributed by atoms with E-state index in [-0.39, 0.29) is 22.9 Å². The highest BCUT2D eigenvalue weighted by Gasteiger charge is 2.39. The fraction of sp³-hybridized carbons (Fsp3) is 0.316. The number of benzene rings is 2. The van der Waals surface area contributed by atoms with Crippen LogP contribution in [0.4, 0.5) is 13.2 Å². The first-order valence-corrected chi connectivity index (χ1v) is 10.4. The van der Waals surface area contributed by atoms with Crippen molar-refractivity contribution in [1.29, 1.82) is 0 Å². The second-order valence-electron chi connectivity index (χ2n) is 6.75. The van der Waals surface area contributed by atoms with Gasteiger partial charge in [0.2, 0.25) is 0 Å². The summed E-state index contributed by atoms with van der Waals surface area (Å²) < 4.78 is 62.7. The van der Waals surface area contributed by atoms with Crippen LogP contribution in [0, 0.1) is 5.92 Å². The van der Waals surface area contributed by atoms with E-state index < -0.39 is 32.7 Å². The van der Waals surface area contributed by atoms with Gasteiger partial charge in [0.15, 0.2) is 9.84 Å². The Labute approximate surface area is 165 Å². The first kappa shape index (κ1) is 20.7. The van der Waals surface area contributed by atoms with Gasteiger partial charge in [-0.1, -0.05) is 17.7 Å². The third-order valence-electron chi connectivity index (χ3n) is 4.78. The van der Waals surface area contributed by atoms with E-state index in [2.05, 4.69) is 5.32 Å². The number of carbonyl (C=O) groups excluding carboxylic acids is 1. The molecule has 2 aromatic rings. The van der Waals surface area contributed by atoms with Gasteiger partial charge in [-0.2, -0.15) is 13.2 Å². The molecule has 3 rings (SSSR count). The maximum absolute atomic E-state index is 12.5. The molecule has 9 heteroatoms. The van der Waals surface area contributed by atoms with Crippen molar-refractivity contribution in [3.05, 3.63) is 64.7 Å². The van der Waals surface area contributed by atoms with Crippen molar-refractivity contribution in [1.82, 2.24) is 5.32 Å². The van der Waals surface area contributed by atoms with E-state index >= 15 is 0 Å². The summed E-state index contributed by atoms with van der Waals surface area (Å²) in [6, 6.07) is 10.0. The van der Waals surface area contributed by atoms with Gasteiger partial charge in [-0.05, 0) is 61.2 Å². The largest absolute Gasteiger partial charge is 0.416 e. The molecular weight excluding hydrogens is 415 g/mol. The van der Waals surface area contributed by atoms with E-state index in [9.17, 15) is 26.4 Å². The van der Waals surface area contributed by atoms with Crippen LogP contribution in [0.2, 0.25) is 5.02 Å². The minimum absolute atomic E-state index is 0.00245. The summed E-state index contributed by atoms with van der Waals surface area (Å²) in [6.07, 6.45) is -3.64. The Hall–Kier alpha value is -2.06. The van der Waals surface area contributed by atoms with Crippen LogP contribution in [0.1, 0.15) is 28.8 Å². The van der Waals surface area contributed by atoms with Crippen LogP contribution in [0.3, 0.4) is 0 Å². The van der Waals surface area contributed by atoms with Crippen LogP contribution in [0.15, 0.2) is 53.4 Å². The molecule has 28 heavy (non-hydrogen) atoms. The quantitative estimate of drug-likeness (QED) is 0.766. The standard InChI is InChI=1S/C19H17ClF3NO3S/c20-15-2-1-3-16(10-15)28(26,27)17-8-12(9-17)11-24-18(25)13-4-6-14(7-5-13)19(21,22)23/h1-7,10,12,17H,8-9,11H2,(H,24,25). The molecule has 0 aromatic heterocycles. The van der Waals surface area contributed by atoms with E-state index in [1.165, 1.54) is 12.1 Å². The first-order valence-electron chi connectivity index (χ1n) is 8.52. The maximum atomic E-state index is 12.5. The molecule has 0 heterocycles. The average Bonchev–Trinajstić information content (AvgIpc) is 2.59. The zero-order valence-electron chi connectivity index (χ0n) is 14.5. The van der Waals surface area contributed by atoms with Crippen LogP contribution in [0.5, 0.6) is 0 Å². The van der Waals surface area contributed by atoms with Crippen LogP contribution in [0.25, 0.3) is 0 Å². The highest BCUT2D eigenvalue weighted by molar-refractivity contribution is 7.92. The number of alkyl halides is 3. The van der Waals surface area contributed by atoms with Crippen molar-refractivity contribution < 1.29 is 26.4 Å². The van der Waals surface area contributed by atoms with Crippen molar-refractivity contribution in [2.24, 2.45) is 5.92 Å². The Morgan fingerprint density at radius 1 is 1.11 bits per heavy atom.